The minimum Gasteiger partial charge on any atom is -0.458 e. The number of benzene rings is 1. The number of fused-ring (bicyclic) bond motifs is 1. The van der Waals surface area contributed by atoms with Crippen LogP contribution < -0.4 is 0 Å². The van der Waals surface area contributed by atoms with Crippen molar-refractivity contribution in [1.82, 2.24) is 0 Å². The summed E-state index contributed by atoms with van der Waals surface area (Å²) in [7, 11) is 0. The average molecular weight is 248 g/mol. The predicted octanol–water partition coefficient (Wildman–Crippen LogP) is 3.33. The van der Waals surface area contributed by atoms with Gasteiger partial charge in [0.05, 0.1) is 5.60 Å². The molecular weight excluding hydrogens is 228 g/mol. The maximum Gasteiger partial charge on any atom is 0.140 e. The Morgan fingerprint density at radius 1 is 1.22 bits per heavy atom. The van der Waals surface area contributed by atoms with E-state index in [9.17, 15) is 10.2 Å². The second-order valence-electron chi connectivity index (χ2n) is 4.90. The van der Waals surface area contributed by atoms with E-state index in [1.165, 1.54) is 0 Å². The zero-order chi connectivity index (χ0) is 13.3. The maximum atomic E-state index is 10.3. The first kappa shape index (κ1) is 13.1. The van der Waals surface area contributed by atoms with Crippen LogP contribution in [0.3, 0.4) is 0 Å². The summed E-state index contributed by atoms with van der Waals surface area (Å²) in [6.45, 7) is 5.73. The molecule has 0 bridgehead atoms. The number of hydrogen-bond acceptors (Lipinski definition) is 3. The molecule has 0 aliphatic rings. The van der Waals surface area contributed by atoms with E-state index in [2.05, 4.69) is 0 Å². The lowest BCUT2D eigenvalue weighted by atomic mass is 9.89. The third-order valence-electron chi connectivity index (χ3n) is 3.69. The van der Waals surface area contributed by atoms with Crippen molar-refractivity contribution in [2.24, 2.45) is 0 Å². The Morgan fingerprint density at radius 2 is 1.89 bits per heavy atom. The summed E-state index contributed by atoms with van der Waals surface area (Å²) >= 11 is 0. The molecule has 98 valence electrons. The zero-order valence-electron chi connectivity index (χ0n) is 11.1. The third kappa shape index (κ3) is 2.16. The lowest BCUT2D eigenvalue weighted by Crippen LogP contribution is -2.34. The molecule has 1 aromatic carbocycles. The number of rotatable bonds is 4. The molecule has 3 nitrogen and oxygen atoms in total. The molecule has 3 heteroatoms. The van der Waals surface area contributed by atoms with E-state index in [1.807, 2.05) is 45.0 Å². The van der Waals surface area contributed by atoms with Crippen molar-refractivity contribution >= 4 is 11.0 Å². The molecule has 1 heterocycles. The summed E-state index contributed by atoms with van der Waals surface area (Å²) in [5.41, 5.74) is 0.762. The van der Waals surface area contributed by atoms with Gasteiger partial charge in [0.25, 0.3) is 0 Å². The smallest absolute Gasteiger partial charge is 0.140 e. The van der Waals surface area contributed by atoms with Gasteiger partial charge >= 0.3 is 0 Å². The van der Waals surface area contributed by atoms with Gasteiger partial charge in [-0.2, -0.15) is 0 Å². The highest BCUT2D eigenvalue weighted by atomic mass is 16.4. The van der Waals surface area contributed by atoms with Crippen molar-refractivity contribution in [2.75, 3.05) is 0 Å². The highest BCUT2D eigenvalue weighted by molar-refractivity contribution is 5.78. The van der Waals surface area contributed by atoms with Crippen LogP contribution in [-0.4, -0.2) is 15.8 Å². The number of aliphatic hydroxyl groups excluding tert-OH is 1. The van der Waals surface area contributed by atoms with Gasteiger partial charge in [0.1, 0.15) is 17.4 Å². The van der Waals surface area contributed by atoms with Gasteiger partial charge in [-0.15, -0.1) is 0 Å². The van der Waals surface area contributed by atoms with E-state index >= 15 is 0 Å². The van der Waals surface area contributed by atoms with Crippen molar-refractivity contribution in [3.8, 4) is 0 Å². The first-order chi connectivity index (χ1) is 8.50. The van der Waals surface area contributed by atoms with Gasteiger partial charge in [0.15, 0.2) is 0 Å². The first-order valence-electron chi connectivity index (χ1n) is 6.40. The standard InChI is InChI=1S/C15H20O3/c1-4-15(17,5-2)14(16)13-9-11-8-10(3)6-7-12(11)18-13/h6-9,14,16-17H,4-5H2,1-3H3. The molecule has 1 unspecified atom stereocenters. The monoisotopic (exact) mass is 248 g/mol. The number of aryl methyl sites for hydroxylation is 1. The maximum absolute atomic E-state index is 10.3. The van der Waals surface area contributed by atoms with Crippen molar-refractivity contribution in [3.63, 3.8) is 0 Å². The van der Waals surface area contributed by atoms with Crippen LogP contribution in [0.5, 0.6) is 0 Å². The summed E-state index contributed by atoms with van der Waals surface area (Å²) in [5, 5.41) is 21.5. The molecule has 0 aliphatic carbocycles. The van der Waals surface area contributed by atoms with Gasteiger partial charge in [-0.05, 0) is 38.0 Å². The third-order valence-corrected chi connectivity index (χ3v) is 3.69. The Bertz CT molecular complexity index is 538. The van der Waals surface area contributed by atoms with Crippen LogP contribution in [0.1, 0.15) is 44.1 Å². The molecule has 18 heavy (non-hydrogen) atoms. The van der Waals surface area contributed by atoms with E-state index in [-0.39, 0.29) is 0 Å². The minimum atomic E-state index is -1.12. The topological polar surface area (TPSA) is 53.6 Å². The van der Waals surface area contributed by atoms with Crippen LogP contribution in [0, 0.1) is 6.92 Å². The molecule has 2 N–H and O–H groups in total. The van der Waals surface area contributed by atoms with E-state index in [1.54, 1.807) is 0 Å². The van der Waals surface area contributed by atoms with Crippen LogP contribution in [0.15, 0.2) is 28.7 Å². The molecule has 0 fully saturated rings. The van der Waals surface area contributed by atoms with Gasteiger partial charge in [0, 0.05) is 5.39 Å². The largest absolute Gasteiger partial charge is 0.458 e. The highest BCUT2D eigenvalue weighted by Gasteiger charge is 2.35. The van der Waals surface area contributed by atoms with Crippen LogP contribution in [0.2, 0.25) is 0 Å². The Kier molecular flexibility index (Phi) is 3.46. The lowest BCUT2D eigenvalue weighted by molar-refractivity contribution is -0.0899. The molecule has 1 aromatic heterocycles. The minimum absolute atomic E-state index is 0.432. The van der Waals surface area contributed by atoms with Crippen LogP contribution in [0.25, 0.3) is 11.0 Å². The molecule has 2 aromatic rings. The average Bonchev–Trinajstić information content (AvgIpc) is 2.79. The van der Waals surface area contributed by atoms with Crippen molar-refractivity contribution < 1.29 is 14.6 Å². The Hall–Kier alpha value is -1.32. The summed E-state index contributed by atoms with van der Waals surface area (Å²) in [6, 6.07) is 7.67. The SMILES string of the molecule is CCC(O)(CC)C(O)c1cc2cc(C)ccc2o1. The van der Waals surface area contributed by atoms with Gasteiger partial charge in [-0.25, -0.2) is 0 Å². The normalized spacial score (nSPS) is 14.1. The number of aliphatic hydroxyl groups is 2. The van der Waals surface area contributed by atoms with Crippen LogP contribution in [-0.2, 0) is 0 Å². The predicted molar refractivity (Wildman–Crippen MR) is 71.4 cm³/mol. The van der Waals surface area contributed by atoms with Gasteiger partial charge in [-0.3, -0.25) is 0 Å². The first-order valence-corrected chi connectivity index (χ1v) is 6.40. The van der Waals surface area contributed by atoms with E-state index in [0.29, 0.717) is 18.6 Å². The Labute approximate surface area is 107 Å². The van der Waals surface area contributed by atoms with Gasteiger partial charge in [-0.1, -0.05) is 25.5 Å². The molecule has 0 saturated carbocycles. The van der Waals surface area contributed by atoms with Crippen LogP contribution in [0.4, 0.5) is 0 Å². The van der Waals surface area contributed by atoms with Crippen molar-refractivity contribution in [3.05, 3.63) is 35.6 Å². The van der Waals surface area contributed by atoms with Crippen molar-refractivity contribution in [2.45, 2.75) is 45.3 Å². The second kappa shape index (κ2) is 4.75. The number of hydrogen-bond donors (Lipinski definition) is 2. The second-order valence-corrected chi connectivity index (χ2v) is 4.90. The quantitative estimate of drug-likeness (QED) is 0.872. The van der Waals surface area contributed by atoms with Crippen molar-refractivity contribution in [1.29, 1.82) is 0 Å². The molecule has 1 atom stereocenters. The Balaban J connectivity index is 2.42. The molecule has 0 aliphatic heterocycles. The molecule has 0 radical (unpaired) electrons. The zero-order valence-corrected chi connectivity index (χ0v) is 11.1. The molecule has 0 amide bonds. The fraction of sp³-hybridized carbons (Fsp3) is 0.467. The Morgan fingerprint density at radius 3 is 2.50 bits per heavy atom. The fourth-order valence-electron chi connectivity index (χ4n) is 2.22. The van der Waals surface area contributed by atoms with E-state index in [4.69, 9.17) is 4.42 Å². The summed E-state index contributed by atoms with van der Waals surface area (Å²) < 4.78 is 5.62. The van der Waals surface area contributed by atoms with E-state index in [0.717, 1.165) is 16.5 Å². The molecule has 2 rings (SSSR count). The molecule has 0 saturated heterocycles. The van der Waals surface area contributed by atoms with Gasteiger partial charge < -0.3 is 14.6 Å². The summed E-state index contributed by atoms with van der Waals surface area (Å²) in [5.74, 6) is 0.432. The molecular formula is C15H20O3. The highest BCUT2D eigenvalue weighted by Crippen LogP contribution is 2.34. The van der Waals surface area contributed by atoms with Crippen LogP contribution >= 0.6 is 0 Å². The summed E-state index contributed by atoms with van der Waals surface area (Å²) in [6.07, 6.45) is -0.0122. The molecule has 0 spiro atoms. The fourth-order valence-corrected chi connectivity index (χ4v) is 2.22. The number of furan rings is 1. The summed E-state index contributed by atoms with van der Waals surface area (Å²) in [4.78, 5) is 0. The van der Waals surface area contributed by atoms with Gasteiger partial charge in [0.2, 0.25) is 0 Å². The lowest BCUT2D eigenvalue weighted by Gasteiger charge is -2.29. The van der Waals surface area contributed by atoms with E-state index < -0.39 is 11.7 Å².